The average molecular weight is 208 g/mol. The van der Waals surface area contributed by atoms with E-state index in [0.717, 1.165) is 18.7 Å². The van der Waals surface area contributed by atoms with Crippen molar-refractivity contribution in [3.8, 4) is 0 Å². The number of hydrogen-bond acceptors (Lipinski definition) is 1. The first kappa shape index (κ1) is 11.7. The summed E-state index contributed by atoms with van der Waals surface area (Å²) in [5.74, 6) is 0.245. The molecule has 3 heteroatoms. The van der Waals surface area contributed by atoms with Gasteiger partial charge in [0.1, 0.15) is 11.7 Å². The standard InChI is InChI=1S/C12H17FN2/c1-4-15(5-2)12(14)10-6-7-11(13)9(3)8-10/h6-8,14H,4-5H2,1-3H3. The zero-order valence-electron chi connectivity index (χ0n) is 9.47. The molecule has 15 heavy (non-hydrogen) atoms. The van der Waals surface area contributed by atoms with Crippen molar-refractivity contribution in [2.75, 3.05) is 13.1 Å². The molecule has 0 heterocycles. The summed E-state index contributed by atoms with van der Waals surface area (Å²) in [5, 5.41) is 7.96. The van der Waals surface area contributed by atoms with Crippen molar-refractivity contribution in [2.45, 2.75) is 20.8 Å². The van der Waals surface area contributed by atoms with Gasteiger partial charge >= 0.3 is 0 Å². The Morgan fingerprint density at radius 2 is 1.93 bits per heavy atom. The second kappa shape index (κ2) is 4.91. The molecule has 1 aromatic carbocycles. The van der Waals surface area contributed by atoms with Crippen molar-refractivity contribution in [1.82, 2.24) is 4.90 Å². The van der Waals surface area contributed by atoms with Gasteiger partial charge in [-0.3, -0.25) is 5.41 Å². The highest BCUT2D eigenvalue weighted by Crippen LogP contribution is 2.11. The summed E-state index contributed by atoms with van der Waals surface area (Å²) in [5.41, 5.74) is 1.36. The number of halogens is 1. The molecule has 82 valence electrons. The van der Waals surface area contributed by atoms with Crippen molar-refractivity contribution in [3.63, 3.8) is 0 Å². The predicted octanol–water partition coefficient (Wildman–Crippen LogP) is 2.80. The highest BCUT2D eigenvalue weighted by Gasteiger charge is 2.09. The molecule has 0 spiro atoms. The van der Waals surface area contributed by atoms with Crippen molar-refractivity contribution >= 4 is 5.84 Å². The zero-order valence-corrected chi connectivity index (χ0v) is 9.47. The normalized spacial score (nSPS) is 10.1. The number of rotatable bonds is 3. The van der Waals surface area contributed by atoms with E-state index >= 15 is 0 Å². The Labute approximate surface area is 90.2 Å². The SMILES string of the molecule is CCN(CC)C(=N)c1ccc(F)c(C)c1. The van der Waals surface area contributed by atoms with Crippen LogP contribution < -0.4 is 0 Å². The first-order valence-electron chi connectivity index (χ1n) is 5.20. The van der Waals surface area contributed by atoms with Crippen LogP contribution in [0.5, 0.6) is 0 Å². The van der Waals surface area contributed by atoms with E-state index in [2.05, 4.69) is 0 Å². The molecular weight excluding hydrogens is 191 g/mol. The summed E-state index contributed by atoms with van der Waals surface area (Å²) in [6.07, 6.45) is 0. The van der Waals surface area contributed by atoms with Gasteiger partial charge in [-0.25, -0.2) is 4.39 Å². The van der Waals surface area contributed by atoms with Crippen LogP contribution in [0, 0.1) is 18.2 Å². The number of hydrogen-bond donors (Lipinski definition) is 1. The summed E-state index contributed by atoms with van der Waals surface area (Å²) >= 11 is 0. The van der Waals surface area contributed by atoms with Gasteiger partial charge in [0.05, 0.1) is 0 Å². The zero-order chi connectivity index (χ0) is 11.4. The van der Waals surface area contributed by atoms with Crippen LogP contribution >= 0.6 is 0 Å². The highest BCUT2D eigenvalue weighted by atomic mass is 19.1. The molecule has 2 nitrogen and oxygen atoms in total. The van der Waals surface area contributed by atoms with Crippen LogP contribution in [0.1, 0.15) is 25.0 Å². The third-order valence-electron chi connectivity index (χ3n) is 2.51. The maximum Gasteiger partial charge on any atom is 0.128 e. The van der Waals surface area contributed by atoms with Crippen LogP contribution in [0.4, 0.5) is 4.39 Å². The predicted molar refractivity (Wildman–Crippen MR) is 60.9 cm³/mol. The van der Waals surface area contributed by atoms with Crippen molar-refractivity contribution < 1.29 is 4.39 Å². The monoisotopic (exact) mass is 208 g/mol. The van der Waals surface area contributed by atoms with Gasteiger partial charge in [-0.15, -0.1) is 0 Å². The molecule has 0 saturated carbocycles. The van der Waals surface area contributed by atoms with E-state index in [1.807, 2.05) is 18.7 Å². The summed E-state index contributed by atoms with van der Waals surface area (Å²) in [7, 11) is 0. The van der Waals surface area contributed by atoms with Gasteiger partial charge in [0.2, 0.25) is 0 Å². The van der Waals surface area contributed by atoms with Gasteiger partial charge in [0, 0.05) is 18.7 Å². The molecule has 0 saturated heterocycles. The van der Waals surface area contributed by atoms with E-state index in [1.165, 1.54) is 6.07 Å². The molecule has 1 rings (SSSR count). The summed E-state index contributed by atoms with van der Waals surface area (Å²) in [6.45, 7) is 7.33. The lowest BCUT2D eigenvalue weighted by Gasteiger charge is -2.21. The fourth-order valence-corrected chi connectivity index (χ4v) is 1.51. The smallest absolute Gasteiger partial charge is 0.128 e. The molecule has 0 amide bonds. The maximum absolute atomic E-state index is 13.0. The molecule has 0 fully saturated rings. The second-order valence-corrected chi connectivity index (χ2v) is 3.48. The van der Waals surface area contributed by atoms with Gasteiger partial charge < -0.3 is 4.90 Å². The van der Waals surface area contributed by atoms with Crippen molar-refractivity contribution in [2.24, 2.45) is 0 Å². The Kier molecular flexibility index (Phi) is 3.83. The topological polar surface area (TPSA) is 27.1 Å². The van der Waals surface area contributed by atoms with E-state index in [0.29, 0.717) is 11.4 Å². The fraction of sp³-hybridized carbons (Fsp3) is 0.417. The average Bonchev–Trinajstić information content (AvgIpc) is 2.23. The summed E-state index contributed by atoms with van der Waals surface area (Å²) in [6, 6.07) is 4.79. The molecule has 0 radical (unpaired) electrons. The minimum Gasteiger partial charge on any atom is -0.357 e. The molecule has 0 unspecified atom stereocenters. The van der Waals surface area contributed by atoms with Gasteiger partial charge in [-0.1, -0.05) is 0 Å². The molecule has 1 aromatic rings. The lowest BCUT2D eigenvalue weighted by molar-refractivity contribution is 0.463. The number of nitrogens with zero attached hydrogens (tertiary/aromatic N) is 1. The van der Waals surface area contributed by atoms with Crippen LogP contribution in [-0.2, 0) is 0 Å². The van der Waals surface area contributed by atoms with E-state index in [4.69, 9.17) is 5.41 Å². The second-order valence-electron chi connectivity index (χ2n) is 3.48. The highest BCUT2D eigenvalue weighted by molar-refractivity contribution is 5.96. The van der Waals surface area contributed by atoms with Crippen LogP contribution in [0.3, 0.4) is 0 Å². The molecule has 0 aliphatic rings. The van der Waals surface area contributed by atoms with E-state index < -0.39 is 0 Å². The van der Waals surface area contributed by atoms with Gasteiger partial charge in [0.15, 0.2) is 0 Å². The van der Waals surface area contributed by atoms with Crippen molar-refractivity contribution in [1.29, 1.82) is 5.41 Å². The lowest BCUT2D eigenvalue weighted by atomic mass is 10.1. The number of amidine groups is 1. The Bertz CT molecular complexity index is 357. The Morgan fingerprint density at radius 3 is 2.40 bits per heavy atom. The molecule has 1 N–H and O–H groups in total. The Balaban J connectivity index is 2.96. The summed E-state index contributed by atoms with van der Waals surface area (Å²) < 4.78 is 13.0. The third kappa shape index (κ3) is 2.55. The van der Waals surface area contributed by atoms with Gasteiger partial charge in [-0.2, -0.15) is 0 Å². The molecular formula is C12H17FN2. The minimum absolute atomic E-state index is 0.217. The number of nitrogens with one attached hydrogen (secondary N) is 1. The van der Waals surface area contributed by atoms with Gasteiger partial charge in [0.25, 0.3) is 0 Å². The number of aryl methyl sites for hydroxylation is 1. The van der Waals surface area contributed by atoms with Crippen LogP contribution in [0.25, 0.3) is 0 Å². The van der Waals surface area contributed by atoms with E-state index in [1.54, 1.807) is 19.1 Å². The lowest BCUT2D eigenvalue weighted by Crippen LogP contribution is -2.30. The third-order valence-corrected chi connectivity index (χ3v) is 2.51. The summed E-state index contributed by atoms with van der Waals surface area (Å²) in [4.78, 5) is 1.94. The largest absolute Gasteiger partial charge is 0.357 e. The van der Waals surface area contributed by atoms with Crippen LogP contribution in [0.15, 0.2) is 18.2 Å². The fourth-order valence-electron chi connectivity index (χ4n) is 1.51. The maximum atomic E-state index is 13.0. The Morgan fingerprint density at radius 1 is 1.33 bits per heavy atom. The molecule has 0 aromatic heterocycles. The molecule has 0 bridgehead atoms. The molecule has 0 aliphatic heterocycles. The van der Waals surface area contributed by atoms with E-state index in [-0.39, 0.29) is 5.82 Å². The van der Waals surface area contributed by atoms with E-state index in [9.17, 15) is 4.39 Å². The molecule has 0 atom stereocenters. The first-order valence-corrected chi connectivity index (χ1v) is 5.20. The van der Waals surface area contributed by atoms with Crippen LogP contribution in [0.2, 0.25) is 0 Å². The van der Waals surface area contributed by atoms with Gasteiger partial charge in [-0.05, 0) is 44.5 Å². The van der Waals surface area contributed by atoms with Crippen LogP contribution in [-0.4, -0.2) is 23.8 Å². The van der Waals surface area contributed by atoms with Crippen molar-refractivity contribution in [3.05, 3.63) is 35.1 Å². The quantitative estimate of drug-likeness (QED) is 0.600. The first-order chi connectivity index (χ1) is 7.10. The number of benzene rings is 1. The molecule has 0 aliphatic carbocycles. The minimum atomic E-state index is -0.217. The Hall–Kier alpha value is -1.38.